The second-order valence-corrected chi connectivity index (χ2v) is 15.6. The molecular formula is C37H47F3N6O6S. The van der Waals surface area contributed by atoms with Crippen molar-refractivity contribution in [2.75, 3.05) is 36.8 Å². The summed E-state index contributed by atoms with van der Waals surface area (Å²) in [5.74, 6) is -0.594. The number of anilines is 2. The molecule has 0 aliphatic heterocycles. The third kappa shape index (κ3) is 13.0. The predicted octanol–water partition coefficient (Wildman–Crippen LogP) is 7.33. The summed E-state index contributed by atoms with van der Waals surface area (Å²) in [5.41, 5.74) is 0.364. The van der Waals surface area contributed by atoms with E-state index in [1.807, 2.05) is 75.4 Å². The van der Waals surface area contributed by atoms with Gasteiger partial charge in [0.15, 0.2) is 0 Å². The normalized spacial score (nSPS) is 16.3. The van der Waals surface area contributed by atoms with E-state index in [-0.39, 0.29) is 0 Å². The number of rotatable bonds is 13. The average Bonchev–Trinajstić information content (AvgIpc) is 3.10. The van der Waals surface area contributed by atoms with Gasteiger partial charge >= 0.3 is 18.2 Å². The fraction of sp³-hybridized carbons (Fsp3) is 0.459. The van der Waals surface area contributed by atoms with Crippen molar-refractivity contribution in [1.29, 1.82) is 0 Å². The minimum Gasteiger partial charge on any atom is -0.475 e. The van der Waals surface area contributed by atoms with Gasteiger partial charge in [-0.05, 0) is 94.7 Å². The van der Waals surface area contributed by atoms with Crippen LogP contribution in [0, 0.1) is 11.8 Å². The number of unbranched alkanes of at least 4 members (excludes halogenated alkanes) is 1. The summed E-state index contributed by atoms with van der Waals surface area (Å²) in [5, 5.41) is 19.5. The summed E-state index contributed by atoms with van der Waals surface area (Å²) in [6.45, 7) is 8.02. The third-order valence-corrected chi connectivity index (χ3v) is 10.0. The van der Waals surface area contributed by atoms with Crippen LogP contribution >= 0.6 is 0 Å². The number of aliphatic carboxylic acids is 1. The maximum atomic E-state index is 13.2. The summed E-state index contributed by atoms with van der Waals surface area (Å²) in [6, 6.07) is 20.9. The van der Waals surface area contributed by atoms with E-state index in [0.717, 1.165) is 72.6 Å². The maximum Gasteiger partial charge on any atom is 0.490 e. The molecule has 5 N–H and O–H groups in total. The van der Waals surface area contributed by atoms with Crippen molar-refractivity contribution in [2.45, 2.75) is 76.0 Å². The summed E-state index contributed by atoms with van der Waals surface area (Å²) >= 11 is 0. The molecule has 0 saturated heterocycles. The van der Waals surface area contributed by atoms with Crippen LogP contribution in [0.1, 0.15) is 59.3 Å². The predicted molar refractivity (Wildman–Crippen MR) is 198 cm³/mol. The number of alkyl halides is 3. The molecule has 1 heterocycles. The molecule has 1 fully saturated rings. The summed E-state index contributed by atoms with van der Waals surface area (Å²) < 4.78 is 66.2. The lowest BCUT2D eigenvalue weighted by Gasteiger charge is -2.28. The first-order valence-electron chi connectivity index (χ1n) is 17.5. The van der Waals surface area contributed by atoms with Crippen LogP contribution in [0.4, 0.5) is 29.7 Å². The highest BCUT2D eigenvalue weighted by Crippen LogP contribution is 2.30. The number of para-hydroxylation sites is 1. The molecule has 4 aromatic rings. The molecule has 3 aromatic carbocycles. The number of benzene rings is 3. The van der Waals surface area contributed by atoms with Gasteiger partial charge in [-0.2, -0.15) is 18.2 Å². The summed E-state index contributed by atoms with van der Waals surface area (Å²) in [6.07, 6.45) is 0.170. The van der Waals surface area contributed by atoms with Crippen LogP contribution in [0.25, 0.3) is 21.7 Å². The number of halogens is 3. The van der Waals surface area contributed by atoms with Crippen LogP contribution in [0.15, 0.2) is 71.6 Å². The molecule has 5 rings (SSSR count). The van der Waals surface area contributed by atoms with Gasteiger partial charge in [-0.15, -0.1) is 0 Å². The van der Waals surface area contributed by atoms with Gasteiger partial charge in [0.1, 0.15) is 11.4 Å². The molecule has 1 aliphatic rings. The number of carboxylic acid groups (broad SMARTS) is 1. The van der Waals surface area contributed by atoms with Gasteiger partial charge in [0.2, 0.25) is 16.0 Å². The molecule has 0 radical (unpaired) electrons. The van der Waals surface area contributed by atoms with Crippen molar-refractivity contribution in [3.8, 4) is 0 Å². The highest BCUT2D eigenvalue weighted by Gasteiger charge is 2.38. The van der Waals surface area contributed by atoms with Gasteiger partial charge in [0.05, 0.1) is 10.4 Å². The van der Waals surface area contributed by atoms with Gasteiger partial charge in [-0.3, -0.25) is 0 Å². The number of carbonyl (C=O) groups is 2. The number of nitrogens with zero attached hydrogens (tertiary/aromatic N) is 2. The van der Waals surface area contributed by atoms with E-state index in [9.17, 15) is 26.4 Å². The Kier molecular flexibility index (Phi) is 14.2. The zero-order valence-corrected chi connectivity index (χ0v) is 30.8. The van der Waals surface area contributed by atoms with Gasteiger partial charge in [-0.1, -0.05) is 48.5 Å². The van der Waals surface area contributed by atoms with E-state index in [2.05, 4.69) is 20.7 Å². The first kappa shape index (κ1) is 41.1. The molecule has 0 atom stereocenters. The number of sulfonamides is 1. The molecule has 0 bridgehead atoms. The topological polar surface area (TPSA) is 172 Å². The van der Waals surface area contributed by atoms with E-state index in [1.54, 1.807) is 12.1 Å². The Morgan fingerprint density at radius 3 is 2.06 bits per heavy atom. The largest absolute Gasteiger partial charge is 0.490 e. The minimum absolute atomic E-state index is 0.313. The quantitative estimate of drug-likeness (QED) is 0.0870. The fourth-order valence-corrected chi connectivity index (χ4v) is 7.21. The highest BCUT2D eigenvalue weighted by atomic mass is 32.2. The van der Waals surface area contributed by atoms with Crippen LogP contribution in [-0.4, -0.2) is 73.5 Å². The van der Waals surface area contributed by atoms with Crippen molar-refractivity contribution in [1.82, 2.24) is 20.0 Å². The number of alkyl carbamates (subject to hydrolysis) is 1. The van der Waals surface area contributed by atoms with E-state index in [1.165, 1.54) is 0 Å². The number of hydrogen-bond donors (Lipinski definition) is 5. The fourth-order valence-electron chi connectivity index (χ4n) is 5.86. The Balaban J connectivity index is 0.000000815. The van der Waals surface area contributed by atoms with Crippen molar-refractivity contribution in [3.63, 3.8) is 0 Å². The number of aromatic nitrogens is 2. The average molecular weight is 761 g/mol. The Morgan fingerprint density at radius 2 is 1.40 bits per heavy atom. The molecule has 288 valence electrons. The summed E-state index contributed by atoms with van der Waals surface area (Å²) in [4.78, 5) is 30.6. The number of hydrogen-bond acceptors (Lipinski definition) is 9. The number of nitrogens with one attached hydrogen (secondary N) is 4. The lowest BCUT2D eigenvalue weighted by Crippen LogP contribution is -2.33. The zero-order chi connectivity index (χ0) is 38.6. The Labute approximate surface area is 307 Å². The van der Waals surface area contributed by atoms with Crippen molar-refractivity contribution in [3.05, 3.63) is 66.7 Å². The van der Waals surface area contributed by atoms with E-state index in [0.29, 0.717) is 42.3 Å². The third-order valence-electron chi connectivity index (χ3n) is 8.53. The Bertz CT molecular complexity index is 1940. The molecule has 16 heteroatoms. The maximum absolute atomic E-state index is 13.2. The van der Waals surface area contributed by atoms with E-state index in [4.69, 9.17) is 24.6 Å². The molecule has 1 aliphatic carbocycles. The van der Waals surface area contributed by atoms with Gasteiger partial charge in [0, 0.05) is 37.0 Å². The number of ether oxygens (including phenoxy) is 1. The Hall–Kier alpha value is -4.70. The highest BCUT2D eigenvalue weighted by molar-refractivity contribution is 7.89. The van der Waals surface area contributed by atoms with Crippen molar-refractivity contribution in [2.24, 2.45) is 11.8 Å². The molecule has 0 spiro atoms. The Morgan fingerprint density at radius 1 is 0.811 bits per heavy atom. The zero-order valence-electron chi connectivity index (χ0n) is 30.0. The monoisotopic (exact) mass is 760 g/mol. The standard InChI is InChI=1S/C35H46N6O4S.C2HF3O2/c1-35(2,3)45-34(42)37-22-9-8-21-36-32-29-14-6-7-15-30(29)40-33(41-32)38-23-25-17-19-26(20-18-25)24-39-46(43,44)31-16-10-12-27-11-4-5-13-28(27)31;3-2(4,5)1(6)7/h4-7,10-16,25-26,39H,8-9,17-24H2,1-3H3,(H,37,42)(H2,36,38,40,41);(H,6,7). The smallest absolute Gasteiger partial charge is 0.475 e. The molecular weight excluding hydrogens is 714 g/mol. The number of carbonyl (C=O) groups excluding carboxylic acids is 1. The van der Waals surface area contributed by atoms with Gasteiger partial charge < -0.3 is 25.8 Å². The first-order chi connectivity index (χ1) is 25.0. The van der Waals surface area contributed by atoms with Gasteiger partial charge in [0.25, 0.3) is 0 Å². The molecule has 53 heavy (non-hydrogen) atoms. The van der Waals surface area contributed by atoms with Crippen molar-refractivity contribution < 1.29 is 41.0 Å². The molecule has 1 amide bonds. The second kappa shape index (κ2) is 18.4. The van der Waals surface area contributed by atoms with E-state index >= 15 is 0 Å². The molecule has 1 aromatic heterocycles. The number of fused-ring (bicyclic) bond motifs is 2. The first-order valence-corrected chi connectivity index (χ1v) is 19.0. The summed E-state index contributed by atoms with van der Waals surface area (Å²) in [7, 11) is -3.60. The van der Waals surface area contributed by atoms with Gasteiger partial charge in [-0.25, -0.2) is 27.7 Å². The number of amides is 1. The van der Waals surface area contributed by atoms with Crippen LogP contribution < -0.4 is 20.7 Å². The van der Waals surface area contributed by atoms with E-state index < -0.39 is 33.9 Å². The SMILES string of the molecule is CC(C)(C)OC(=O)NCCCCNc1nc(NCC2CCC(CNS(=O)(=O)c3cccc4ccccc34)CC2)nc2ccccc12.O=C(O)C(F)(F)F. The number of carboxylic acids is 1. The lowest BCUT2D eigenvalue weighted by molar-refractivity contribution is -0.192. The van der Waals surface area contributed by atoms with Crippen LogP contribution in [-0.2, 0) is 19.6 Å². The van der Waals surface area contributed by atoms with Crippen LogP contribution in [0.5, 0.6) is 0 Å². The van der Waals surface area contributed by atoms with Crippen LogP contribution in [0.3, 0.4) is 0 Å². The molecule has 1 saturated carbocycles. The lowest BCUT2D eigenvalue weighted by atomic mass is 9.82. The second-order valence-electron chi connectivity index (χ2n) is 13.9. The molecule has 12 nitrogen and oxygen atoms in total. The van der Waals surface area contributed by atoms with Crippen LogP contribution in [0.2, 0.25) is 0 Å². The van der Waals surface area contributed by atoms with Crippen molar-refractivity contribution >= 4 is 55.5 Å². The minimum atomic E-state index is -5.08. The molecule has 0 unspecified atom stereocenters.